The van der Waals surface area contributed by atoms with E-state index in [0.717, 1.165) is 19.8 Å². The van der Waals surface area contributed by atoms with Gasteiger partial charge in [0.1, 0.15) is 0 Å². The second-order valence-corrected chi connectivity index (χ2v) is 2.72. The first-order valence-electron chi connectivity index (χ1n) is 4.09. The Kier molecular flexibility index (Phi) is 12.1. The van der Waals surface area contributed by atoms with Crippen molar-refractivity contribution < 1.29 is 32.7 Å². The molecular formula is C8H19N2Y-. The van der Waals surface area contributed by atoms with Crippen molar-refractivity contribution in [2.24, 2.45) is 0 Å². The summed E-state index contributed by atoms with van der Waals surface area (Å²) in [7, 11) is 0. The third kappa shape index (κ3) is 8.93. The molecule has 1 radical (unpaired) electrons. The molecule has 0 aliphatic rings. The molecule has 0 spiro atoms. The van der Waals surface area contributed by atoms with Gasteiger partial charge in [-0.05, 0) is 13.1 Å². The number of nitrogens with zero attached hydrogens (tertiary/aromatic N) is 2. The molecule has 0 aromatic rings. The van der Waals surface area contributed by atoms with Crippen LogP contribution in [0.1, 0.15) is 27.7 Å². The van der Waals surface area contributed by atoms with Gasteiger partial charge < -0.3 is 10.2 Å². The van der Waals surface area contributed by atoms with E-state index in [-0.39, 0.29) is 32.7 Å². The fourth-order valence-electron chi connectivity index (χ4n) is 0.702. The fraction of sp³-hybridized carbons (Fsp3) is 1.00. The molecule has 0 bridgehead atoms. The van der Waals surface area contributed by atoms with E-state index in [1.165, 1.54) is 0 Å². The van der Waals surface area contributed by atoms with Crippen LogP contribution in [-0.2, 0) is 32.7 Å². The van der Waals surface area contributed by atoms with Gasteiger partial charge in [-0.25, -0.2) is 0 Å². The Bertz CT molecular complexity index is 72.5. The quantitative estimate of drug-likeness (QED) is 0.709. The molecular weight excluding hydrogens is 213 g/mol. The summed E-state index contributed by atoms with van der Waals surface area (Å²) in [6.45, 7) is 11.7. The molecule has 2 nitrogen and oxygen atoms in total. The van der Waals surface area contributed by atoms with Gasteiger partial charge in [0, 0.05) is 32.7 Å². The monoisotopic (exact) mass is 232 g/mol. The fourth-order valence-corrected chi connectivity index (χ4v) is 0.702. The SMILES string of the molecule is CCN(CC)C[N-]C(C)C.[Y]. The summed E-state index contributed by atoms with van der Waals surface area (Å²) in [6.07, 6.45) is 0. The third-order valence-electron chi connectivity index (χ3n) is 1.54. The van der Waals surface area contributed by atoms with Crippen LogP contribution in [0, 0.1) is 0 Å². The Balaban J connectivity index is 0. The Morgan fingerprint density at radius 2 is 1.64 bits per heavy atom. The molecule has 0 heterocycles. The van der Waals surface area contributed by atoms with Crippen molar-refractivity contribution in [2.45, 2.75) is 33.7 Å². The number of rotatable bonds is 5. The van der Waals surface area contributed by atoms with Crippen molar-refractivity contribution in [1.82, 2.24) is 4.90 Å². The van der Waals surface area contributed by atoms with Crippen LogP contribution in [0.5, 0.6) is 0 Å². The van der Waals surface area contributed by atoms with E-state index in [1.54, 1.807) is 0 Å². The molecule has 65 valence electrons. The minimum absolute atomic E-state index is 0. The van der Waals surface area contributed by atoms with Gasteiger partial charge in [-0.2, -0.15) is 0 Å². The first-order valence-corrected chi connectivity index (χ1v) is 4.09. The molecule has 0 atom stereocenters. The maximum absolute atomic E-state index is 4.39. The van der Waals surface area contributed by atoms with Crippen LogP contribution in [0.4, 0.5) is 0 Å². The predicted molar refractivity (Wildman–Crippen MR) is 46.3 cm³/mol. The van der Waals surface area contributed by atoms with Gasteiger partial charge in [-0.15, -0.1) is 6.04 Å². The summed E-state index contributed by atoms with van der Waals surface area (Å²) in [5.74, 6) is 0. The topological polar surface area (TPSA) is 17.3 Å². The molecule has 0 aliphatic carbocycles. The summed E-state index contributed by atoms with van der Waals surface area (Å²) in [5.41, 5.74) is 0. The van der Waals surface area contributed by atoms with E-state index in [2.05, 4.69) is 37.9 Å². The van der Waals surface area contributed by atoms with Crippen molar-refractivity contribution in [3.8, 4) is 0 Å². The van der Waals surface area contributed by atoms with E-state index in [4.69, 9.17) is 0 Å². The molecule has 0 saturated carbocycles. The summed E-state index contributed by atoms with van der Waals surface area (Å²) in [5, 5.41) is 4.39. The Morgan fingerprint density at radius 3 is 1.91 bits per heavy atom. The van der Waals surface area contributed by atoms with Crippen LogP contribution in [0.15, 0.2) is 0 Å². The summed E-state index contributed by atoms with van der Waals surface area (Å²) >= 11 is 0. The van der Waals surface area contributed by atoms with Crippen LogP contribution in [0.2, 0.25) is 0 Å². The van der Waals surface area contributed by atoms with Crippen molar-refractivity contribution in [3.05, 3.63) is 5.32 Å². The number of hydrogen-bond donors (Lipinski definition) is 0. The van der Waals surface area contributed by atoms with E-state index >= 15 is 0 Å². The molecule has 0 unspecified atom stereocenters. The van der Waals surface area contributed by atoms with Crippen LogP contribution in [-0.4, -0.2) is 30.7 Å². The minimum Gasteiger partial charge on any atom is -0.648 e. The average Bonchev–Trinajstić information content (AvgIpc) is 1.90. The average molecular weight is 232 g/mol. The van der Waals surface area contributed by atoms with E-state index in [0.29, 0.717) is 6.04 Å². The van der Waals surface area contributed by atoms with Crippen molar-refractivity contribution in [2.75, 3.05) is 19.8 Å². The molecule has 11 heavy (non-hydrogen) atoms. The molecule has 0 aliphatic heterocycles. The molecule has 0 amide bonds. The predicted octanol–water partition coefficient (Wildman–Crippen LogP) is 2.07. The van der Waals surface area contributed by atoms with Gasteiger partial charge in [0.05, 0.1) is 0 Å². The normalized spacial score (nSPS) is 10.4. The Hall–Kier alpha value is 1.02. The van der Waals surface area contributed by atoms with Gasteiger partial charge in [-0.3, -0.25) is 0 Å². The molecule has 0 aromatic carbocycles. The molecule has 0 N–H and O–H groups in total. The Morgan fingerprint density at radius 1 is 1.18 bits per heavy atom. The minimum atomic E-state index is 0. The molecule has 0 saturated heterocycles. The van der Waals surface area contributed by atoms with Crippen molar-refractivity contribution in [1.29, 1.82) is 0 Å². The van der Waals surface area contributed by atoms with E-state index in [9.17, 15) is 0 Å². The zero-order valence-corrected chi connectivity index (χ0v) is 11.0. The Labute approximate surface area is 96.0 Å². The van der Waals surface area contributed by atoms with Crippen LogP contribution in [0.25, 0.3) is 5.32 Å². The molecule has 0 rings (SSSR count). The molecule has 3 heteroatoms. The summed E-state index contributed by atoms with van der Waals surface area (Å²) < 4.78 is 0. The second kappa shape index (κ2) is 9.11. The summed E-state index contributed by atoms with van der Waals surface area (Å²) in [4.78, 5) is 2.31. The van der Waals surface area contributed by atoms with Crippen molar-refractivity contribution in [3.63, 3.8) is 0 Å². The maximum Gasteiger partial charge on any atom is 0 e. The van der Waals surface area contributed by atoms with Gasteiger partial charge in [0.15, 0.2) is 0 Å². The van der Waals surface area contributed by atoms with Crippen molar-refractivity contribution >= 4 is 0 Å². The first kappa shape index (κ1) is 14.5. The number of hydrogen-bond acceptors (Lipinski definition) is 1. The largest absolute Gasteiger partial charge is 0.648 e. The zero-order chi connectivity index (χ0) is 7.98. The van der Waals surface area contributed by atoms with Gasteiger partial charge in [0.25, 0.3) is 0 Å². The first-order chi connectivity index (χ1) is 4.70. The summed E-state index contributed by atoms with van der Waals surface area (Å²) in [6, 6.07) is 0.473. The molecule has 0 fully saturated rings. The van der Waals surface area contributed by atoms with E-state index < -0.39 is 0 Å². The van der Waals surface area contributed by atoms with E-state index in [1.807, 2.05) is 0 Å². The third-order valence-corrected chi connectivity index (χ3v) is 1.54. The smallest absolute Gasteiger partial charge is 0 e. The van der Waals surface area contributed by atoms with Gasteiger partial charge in [0.2, 0.25) is 0 Å². The van der Waals surface area contributed by atoms with Gasteiger partial charge in [-0.1, -0.05) is 34.4 Å². The second-order valence-electron chi connectivity index (χ2n) is 2.72. The standard InChI is InChI=1S/C8H19N2.Y/c1-5-10(6-2)7-9-8(3)4;/h8H,5-7H2,1-4H3;/q-1;. The zero-order valence-electron chi connectivity index (χ0n) is 8.17. The molecule has 0 aromatic heterocycles. The maximum atomic E-state index is 4.39. The van der Waals surface area contributed by atoms with Crippen LogP contribution >= 0.6 is 0 Å². The van der Waals surface area contributed by atoms with Crippen LogP contribution < -0.4 is 0 Å². The van der Waals surface area contributed by atoms with Gasteiger partial charge >= 0.3 is 0 Å². The van der Waals surface area contributed by atoms with Crippen LogP contribution in [0.3, 0.4) is 0 Å².